The van der Waals surface area contributed by atoms with E-state index in [1.165, 1.54) is 6.92 Å². The summed E-state index contributed by atoms with van der Waals surface area (Å²) in [6.45, 7) is 9.55. The molecule has 0 amide bonds. The quantitative estimate of drug-likeness (QED) is 0.586. The van der Waals surface area contributed by atoms with Gasteiger partial charge in [0.1, 0.15) is 0 Å². The molecule has 1 N–H and O–H groups in total. The summed E-state index contributed by atoms with van der Waals surface area (Å²) in [5.74, 6) is -2.77. The molecule has 0 saturated carbocycles. The molecule has 2 atom stereocenters. The lowest BCUT2D eigenvalue weighted by atomic mass is 9.90. The molecule has 0 bridgehead atoms. The Labute approximate surface area is 109 Å². The second kappa shape index (κ2) is 7.19. The second-order valence-corrected chi connectivity index (χ2v) is 5.71. The Morgan fingerprint density at radius 1 is 1.33 bits per heavy atom. The van der Waals surface area contributed by atoms with Crippen molar-refractivity contribution in [3.05, 3.63) is 12.2 Å². The van der Waals surface area contributed by atoms with Crippen LogP contribution in [0, 0.1) is 17.3 Å². The average Bonchev–Trinajstić information content (AvgIpc) is 2.25. The number of aliphatic carboxylic acids is 1. The van der Waals surface area contributed by atoms with Crippen LogP contribution in [-0.2, 0) is 14.3 Å². The summed E-state index contributed by atoms with van der Waals surface area (Å²) in [6.07, 6.45) is 3.99. The highest BCUT2D eigenvalue weighted by atomic mass is 16.5. The third-order valence-electron chi connectivity index (χ3n) is 2.57. The number of carbonyl (C=O) groups is 2. The monoisotopic (exact) mass is 256 g/mol. The molecule has 0 rings (SSSR count). The molecule has 104 valence electrons. The molecule has 4 heteroatoms. The highest BCUT2D eigenvalue weighted by Crippen LogP contribution is 2.21. The molecule has 0 aromatic carbocycles. The number of esters is 1. The summed E-state index contributed by atoms with van der Waals surface area (Å²) in [4.78, 5) is 22.9. The molecule has 0 aliphatic rings. The topological polar surface area (TPSA) is 63.6 Å². The van der Waals surface area contributed by atoms with Crippen LogP contribution >= 0.6 is 0 Å². The van der Waals surface area contributed by atoms with E-state index in [0.29, 0.717) is 13.0 Å². The Hall–Kier alpha value is -1.32. The van der Waals surface area contributed by atoms with Gasteiger partial charge in [0.05, 0.1) is 18.4 Å². The fraction of sp³-hybridized carbons (Fsp3) is 0.714. The predicted octanol–water partition coefficient (Wildman–Crippen LogP) is 2.88. The van der Waals surface area contributed by atoms with Crippen molar-refractivity contribution in [3.63, 3.8) is 0 Å². The number of hydrogen-bond acceptors (Lipinski definition) is 3. The second-order valence-electron chi connectivity index (χ2n) is 5.71. The van der Waals surface area contributed by atoms with Crippen LogP contribution in [0.3, 0.4) is 0 Å². The van der Waals surface area contributed by atoms with Crippen LogP contribution in [0.5, 0.6) is 0 Å². The van der Waals surface area contributed by atoms with E-state index >= 15 is 0 Å². The summed E-state index contributed by atoms with van der Waals surface area (Å²) < 4.78 is 5.20. The minimum Gasteiger partial charge on any atom is -0.481 e. The summed E-state index contributed by atoms with van der Waals surface area (Å²) in [5.41, 5.74) is -0.118. The van der Waals surface area contributed by atoms with Crippen molar-refractivity contribution in [1.29, 1.82) is 0 Å². The molecular weight excluding hydrogens is 232 g/mol. The van der Waals surface area contributed by atoms with Crippen molar-refractivity contribution in [1.82, 2.24) is 0 Å². The van der Waals surface area contributed by atoms with Gasteiger partial charge in [-0.3, -0.25) is 9.59 Å². The maximum atomic E-state index is 11.9. The SMILES string of the molecule is CC=CCC(C(=O)OCC(C)(C)C)C(C)C(=O)O. The normalized spacial score (nSPS) is 15.4. The summed E-state index contributed by atoms with van der Waals surface area (Å²) in [6, 6.07) is 0. The van der Waals surface area contributed by atoms with Crippen LogP contribution < -0.4 is 0 Å². The molecule has 0 spiro atoms. The third kappa shape index (κ3) is 6.42. The van der Waals surface area contributed by atoms with Crippen molar-refractivity contribution in [2.24, 2.45) is 17.3 Å². The van der Waals surface area contributed by atoms with Crippen LogP contribution in [0.15, 0.2) is 12.2 Å². The standard InChI is InChI=1S/C14H24O4/c1-6-7-8-11(10(2)12(15)16)13(17)18-9-14(3,4)5/h6-7,10-11H,8-9H2,1-5H3,(H,15,16). The number of allylic oxidation sites excluding steroid dienone is 2. The van der Waals surface area contributed by atoms with Crippen molar-refractivity contribution >= 4 is 11.9 Å². The largest absolute Gasteiger partial charge is 0.481 e. The first-order chi connectivity index (χ1) is 8.19. The summed E-state index contributed by atoms with van der Waals surface area (Å²) in [5, 5.41) is 9.00. The van der Waals surface area contributed by atoms with Gasteiger partial charge in [-0.25, -0.2) is 0 Å². The molecular formula is C14H24O4. The summed E-state index contributed by atoms with van der Waals surface area (Å²) in [7, 11) is 0. The fourth-order valence-electron chi connectivity index (χ4n) is 1.35. The van der Waals surface area contributed by atoms with Gasteiger partial charge in [-0.2, -0.15) is 0 Å². The van der Waals surface area contributed by atoms with E-state index in [1.807, 2.05) is 27.7 Å². The molecule has 0 aliphatic heterocycles. The molecule has 0 aromatic rings. The number of rotatable bonds is 6. The number of hydrogen-bond donors (Lipinski definition) is 1. The zero-order valence-electron chi connectivity index (χ0n) is 11.9. The van der Waals surface area contributed by atoms with E-state index < -0.39 is 23.8 Å². The van der Waals surface area contributed by atoms with Crippen molar-refractivity contribution in [3.8, 4) is 0 Å². The molecule has 0 aromatic heterocycles. The first kappa shape index (κ1) is 16.7. The molecule has 0 saturated heterocycles. The van der Waals surface area contributed by atoms with Gasteiger partial charge in [0.25, 0.3) is 0 Å². The van der Waals surface area contributed by atoms with Crippen LogP contribution in [0.1, 0.15) is 41.0 Å². The lowest BCUT2D eigenvalue weighted by Gasteiger charge is -2.22. The van der Waals surface area contributed by atoms with Crippen molar-refractivity contribution in [2.75, 3.05) is 6.61 Å². The van der Waals surface area contributed by atoms with Gasteiger partial charge in [-0.15, -0.1) is 0 Å². The third-order valence-corrected chi connectivity index (χ3v) is 2.57. The van der Waals surface area contributed by atoms with E-state index in [-0.39, 0.29) is 5.41 Å². The Kier molecular flexibility index (Phi) is 6.66. The van der Waals surface area contributed by atoms with E-state index in [0.717, 1.165) is 0 Å². The molecule has 0 heterocycles. The lowest BCUT2D eigenvalue weighted by Crippen LogP contribution is -2.31. The lowest BCUT2D eigenvalue weighted by molar-refractivity contribution is -0.159. The highest BCUT2D eigenvalue weighted by molar-refractivity contribution is 5.81. The number of ether oxygens (including phenoxy) is 1. The smallest absolute Gasteiger partial charge is 0.310 e. The van der Waals surface area contributed by atoms with Crippen molar-refractivity contribution < 1.29 is 19.4 Å². The van der Waals surface area contributed by atoms with Gasteiger partial charge < -0.3 is 9.84 Å². The first-order valence-corrected chi connectivity index (χ1v) is 6.19. The van der Waals surface area contributed by atoms with E-state index in [2.05, 4.69) is 0 Å². The maximum Gasteiger partial charge on any atom is 0.310 e. The number of carbonyl (C=O) groups excluding carboxylic acids is 1. The summed E-state index contributed by atoms with van der Waals surface area (Å²) >= 11 is 0. The molecule has 2 unspecified atom stereocenters. The molecule has 18 heavy (non-hydrogen) atoms. The van der Waals surface area contributed by atoms with E-state index in [9.17, 15) is 9.59 Å². The predicted molar refractivity (Wildman–Crippen MR) is 70.1 cm³/mol. The van der Waals surface area contributed by atoms with E-state index in [1.54, 1.807) is 12.2 Å². The fourth-order valence-corrected chi connectivity index (χ4v) is 1.35. The Morgan fingerprint density at radius 3 is 2.28 bits per heavy atom. The van der Waals surface area contributed by atoms with Crippen LogP contribution in [0.25, 0.3) is 0 Å². The molecule has 4 nitrogen and oxygen atoms in total. The minimum absolute atomic E-state index is 0.118. The highest BCUT2D eigenvalue weighted by Gasteiger charge is 2.31. The van der Waals surface area contributed by atoms with Crippen molar-refractivity contribution in [2.45, 2.75) is 41.0 Å². The van der Waals surface area contributed by atoms with Crippen LogP contribution in [-0.4, -0.2) is 23.7 Å². The van der Waals surface area contributed by atoms with Gasteiger partial charge >= 0.3 is 11.9 Å². The van der Waals surface area contributed by atoms with Crippen LogP contribution in [0.2, 0.25) is 0 Å². The van der Waals surface area contributed by atoms with Gasteiger partial charge in [0, 0.05) is 0 Å². The number of carboxylic acids is 1. The molecule has 0 aliphatic carbocycles. The minimum atomic E-state index is -0.975. The number of carboxylic acid groups (broad SMARTS) is 1. The zero-order chi connectivity index (χ0) is 14.3. The van der Waals surface area contributed by atoms with Gasteiger partial charge in [-0.05, 0) is 18.8 Å². The maximum absolute atomic E-state index is 11.9. The van der Waals surface area contributed by atoms with Gasteiger partial charge in [0.2, 0.25) is 0 Å². The van der Waals surface area contributed by atoms with Gasteiger partial charge in [0.15, 0.2) is 0 Å². The first-order valence-electron chi connectivity index (χ1n) is 6.19. The Bertz CT molecular complexity index is 312. The Balaban J connectivity index is 4.64. The average molecular weight is 256 g/mol. The Morgan fingerprint density at radius 2 is 1.89 bits per heavy atom. The molecule has 0 fully saturated rings. The van der Waals surface area contributed by atoms with Gasteiger partial charge in [-0.1, -0.05) is 39.8 Å². The van der Waals surface area contributed by atoms with Crippen LogP contribution in [0.4, 0.5) is 0 Å². The molecule has 0 radical (unpaired) electrons. The zero-order valence-corrected chi connectivity index (χ0v) is 11.9. The van der Waals surface area contributed by atoms with E-state index in [4.69, 9.17) is 9.84 Å².